The van der Waals surface area contributed by atoms with E-state index in [-0.39, 0.29) is 16.5 Å². The summed E-state index contributed by atoms with van der Waals surface area (Å²) in [4.78, 5) is 19.3. The molecule has 2 aromatic rings. The van der Waals surface area contributed by atoms with Gasteiger partial charge in [-0.2, -0.15) is 13.2 Å². The molecule has 1 aromatic heterocycles. The Morgan fingerprint density at radius 3 is 2.25 bits per heavy atom. The first-order valence-electron chi connectivity index (χ1n) is 5.32. The van der Waals surface area contributed by atoms with Crippen molar-refractivity contribution >= 4 is 23.3 Å². The van der Waals surface area contributed by atoms with Crippen LogP contribution >= 0.6 is 11.6 Å². The molecular weight excluding hydrogens is 295 g/mol. The minimum Gasteiger partial charge on any atom is -0.305 e. The molecule has 1 heterocycles. The summed E-state index contributed by atoms with van der Waals surface area (Å²) in [6, 6.07) is 3.84. The maximum absolute atomic E-state index is 12.4. The average molecular weight is 302 g/mol. The van der Waals surface area contributed by atoms with E-state index in [1.807, 2.05) is 0 Å². The minimum absolute atomic E-state index is 0.0785. The zero-order chi connectivity index (χ0) is 14.8. The van der Waals surface area contributed by atoms with E-state index in [0.29, 0.717) is 0 Å². The van der Waals surface area contributed by atoms with Gasteiger partial charge in [-0.3, -0.25) is 4.79 Å². The van der Waals surface area contributed by atoms with Crippen molar-refractivity contribution in [2.75, 3.05) is 5.32 Å². The van der Waals surface area contributed by atoms with Gasteiger partial charge in [0.05, 0.1) is 18.0 Å². The molecule has 0 aliphatic carbocycles. The summed E-state index contributed by atoms with van der Waals surface area (Å²) in [5, 5.41) is 2.56. The van der Waals surface area contributed by atoms with Gasteiger partial charge in [0, 0.05) is 5.56 Å². The Morgan fingerprint density at radius 2 is 1.75 bits per heavy atom. The monoisotopic (exact) mass is 301 g/mol. The first-order chi connectivity index (χ1) is 9.36. The van der Waals surface area contributed by atoms with E-state index in [9.17, 15) is 18.0 Å². The van der Waals surface area contributed by atoms with E-state index < -0.39 is 17.6 Å². The van der Waals surface area contributed by atoms with Crippen molar-refractivity contribution in [1.29, 1.82) is 0 Å². The van der Waals surface area contributed by atoms with Crippen LogP contribution in [-0.2, 0) is 6.18 Å². The summed E-state index contributed by atoms with van der Waals surface area (Å²) in [6.45, 7) is 0. The fourth-order valence-electron chi connectivity index (χ4n) is 1.38. The molecular formula is C12H7ClF3N3O. The number of alkyl halides is 3. The van der Waals surface area contributed by atoms with Gasteiger partial charge in [-0.25, -0.2) is 9.97 Å². The highest BCUT2D eigenvalue weighted by atomic mass is 35.5. The molecule has 0 atom stereocenters. The summed E-state index contributed by atoms with van der Waals surface area (Å²) >= 11 is 5.53. The molecule has 1 aromatic carbocycles. The summed E-state index contributed by atoms with van der Waals surface area (Å²) < 4.78 is 37.1. The third kappa shape index (κ3) is 3.45. The minimum atomic E-state index is -4.43. The lowest BCUT2D eigenvalue weighted by Gasteiger charge is -2.07. The molecule has 104 valence electrons. The highest BCUT2D eigenvalue weighted by Crippen LogP contribution is 2.29. The molecule has 0 saturated heterocycles. The van der Waals surface area contributed by atoms with Crippen molar-refractivity contribution in [3.05, 3.63) is 52.9 Å². The number of aromatic nitrogens is 2. The number of carbonyl (C=O) groups is 1. The van der Waals surface area contributed by atoms with Gasteiger partial charge in [0.2, 0.25) is 0 Å². The van der Waals surface area contributed by atoms with Crippen molar-refractivity contribution in [3.8, 4) is 0 Å². The van der Waals surface area contributed by atoms with Gasteiger partial charge in [0.25, 0.3) is 5.91 Å². The number of nitrogens with zero attached hydrogens (tertiary/aromatic N) is 2. The van der Waals surface area contributed by atoms with Gasteiger partial charge in [-0.1, -0.05) is 11.6 Å². The first-order valence-corrected chi connectivity index (χ1v) is 5.70. The van der Waals surface area contributed by atoms with Crippen LogP contribution in [0.3, 0.4) is 0 Å². The van der Waals surface area contributed by atoms with E-state index in [2.05, 4.69) is 15.3 Å². The molecule has 0 aliphatic heterocycles. The molecule has 20 heavy (non-hydrogen) atoms. The maximum Gasteiger partial charge on any atom is 0.416 e. The maximum atomic E-state index is 12.4. The molecule has 0 bridgehead atoms. The number of halogens is 4. The summed E-state index contributed by atoms with van der Waals surface area (Å²) in [7, 11) is 0. The molecule has 0 saturated carbocycles. The Labute approximate surface area is 116 Å². The molecule has 2 rings (SSSR count). The molecule has 0 radical (unpaired) electrons. The van der Waals surface area contributed by atoms with E-state index in [0.717, 1.165) is 24.3 Å². The third-order valence-corrected chi connectivity index (χ3v) is 2.53. The van der Waals surface area contributed by atoms with Gasteiger partial charge < -0.3 is 5.32 Å². The number of amides is 1. The Hall–Kier alpha value is -2.15. The van der Waals surface area contributed by atoms with Crippen LogP contribution < -0.4 is 5.32 Å². The highest BCUT2D eigenvalue weighted by molar-refractivity contribution is 6.29. The third-order valence-electron chi connectivity index (χ3n) is 2.34. The van der Waals surface area contributed by atoms with Crippen LogP contribution in [0.2, 0.25) is 5.15 Å². The molecule has 0 unspecified atom stereocenters. The smallest absolute Gasteiger partial charge is 0.305 e. The zero-order valence-electron chi connectivity index (χ0n) is 9.78. The quantitative estimate of drug-likeness (QED) is 0.925. The van der Waals surface area contributed by atoms with Crippen molar-refractivity contribution < 1.29 is 18.0 Å². The Bertz CT molecular complexity index is 611. The summed E-state index contributed by atoms with van der Waals surface area (Å²) in [5.74, 6) is -0.436. The van der Waals surface area contributed by atoms with Crippen molar-refractivity contribution in [1.82, 2.24) is 9.97 Å². The number of benzene rings is 1. The predicted molar refractivity (Wildman–Crippen MR) is 66.4 cm³/mol. The second-order valence-corrected chi connectivity index (χ2v) is 4.14. The molecule has 0 spiro atoms. The van der Waals surface area contributed by atoms with Gasteiger partial charge in [0.15, 0.2) is 5.82 Å². The second kappa shape index (κ2) is 5.46. The zero-order valence-corrected chi connectivity index (χ0v) is 10.5. The van der Waals surface area contributed by atoms with Crippen LogP contribution in [0.4, 0.5) is 19.0 Å². The summed E-state index contributed by atoms with van der Waals surface area (Å²) in [5.41, 5.74) is -0.741. The number of nitrogens with one attached hydrogen (secondary N) is 1. The Kier molecular flexibility index (Phi) is 3.89. The summed E-state index contributed by atoms with van der Waals surface area (Å²) in [6.07, 6.45) is -1.95. The lowest BCUT2D eigenvalue weighted by molar-refractivity contribution is -0.137. The van der Waals surface area contributed by atoms with Gasteiger partial charge in [-0.15, -0.1) is 0 Å². The molecule has 8 heteroatoms. The number of rotatable bonds is 2. The largest absolute Gasteiger partial charge is 0.416 e. The first kappa shape index (κ1) is 14.3. The number of hydrogen-bond acceptors (Lipinski definition) is 3. The van der Waals surface area contributed by atoms with Gasteiger partial charge >= 0.3 is 6.18 Å². The molecule has 0 aliphatic rings. The molecule has 1 amide bonds. The van der Waals surface area contributed by atoms with Crippen LogP contribution in [0.5, 0.6) is 0 Å². The SMILES string of the molecule is O=C(Nc1cnc(Cl)cn1)c1ccc(C(F)(F)F)cc1. The fourth-order valence-corrected chi connectivity index (χ4v) is 1.47. The van der Waals surface area contributed by atoms with Gasteiger partial charge in [0.1, 0.15) is 5.15 Å². The second-order valence-electron chi connectivity index (χ2n) is 3.75. The van der Waals surface area contributed by atoms with Gasteiger partial charge in [-0.05, 0) is 24.3 Å². The van der Waals surface area contributed by atoms with Crippen molar-refractivity contribution in [2.45, 2.75) is 6.18 Å². The molecule has 0 fully saturated rings. The van der Waals surface area contributed by atoms with Crippen LogP contribution in [0.15, 0.2) is 36.7 Å². The highest BCUT2D eigenvalue weighted by Gasteiger charge is 2.30. The van der Waals surface area contributed by atoms with E-state index >= 15 is 0 Å². The number of hydrogen-bond donors (Lipinski definition) is 1. The number of carbonyl (C=O) groups excluding carboxylic acids is 1. The lowest BCUT2D eigenvalue weighted by Crippen LogP contribution is -2.13. The topological polar surface area (TPSA) is 54.9 Å². The van der Waals surface area contributed by atoms with Crippen LogP contribution in [0.25, 0.3) is 0 Å². The average Bonchev–Trinajstić information content (AvgIpc) is 2.40. The van der Waals surface area contributed by atoms with Crippen molar-refractivity contribution in [3.63, 3.8) is 0 Å². The standard InChI is InChI=1S/C12H7ClF3N3O/c13-9-5-18-10(6-17-9)19-11(20)7-1-3-8(4-2-7)12(14,15)16/h1-6H,(H,18,19,20). The molecule has 1 N–H and O–H groups in total. The fraction of sp³-hybridized carbons (Fsp3) is 0.0833. The lowest BCUT2D eigenvalue weighted by atomic mass is 10.1. The van der Waals surface area contributed by atoms with E-state index in [1.165, 1.54) is 12.4 Å². The van der Waals surface area contributed by atoms with Crippen molar-refractivity contribution in [2.24, 2.45) is 0 Å². The van der Waals surface area contributed by atoms with E-state index in [4.69, 9.17) is 11.6 Å². The Balaban J connectivity index is 2.11. The number of anilines is 1. The van der Waals surface area contributed by atoms with Crippen LogP contribution in [-0.4, -0.2) is 15.9 Å². The predicted octanol–water partition coefficient (Wildman–Crippen LogP) is 3.40. The van der Waals surface area contributed by atoms with Crippen LogP contribution in [0, 0.1) is 0 Å². The van der Waals surface area contributed by atoms with E-state index in [1.54, 1.807) is 0 Å². The normalized spacial score (nSPS) is 11.2. The molecule has 4 nitrogen and oxygen atoms in total. The van der Waals surface area contributed by atoms with Crippen LogP contribution in [0.1, 0.15) is 15.9 Å². The Morgan fingerprint density at radius 1 is 1.10 bits per heavy atom.